The van der Waals surface area contributed by atoms with Gasteiger partial charge in [0.25, 0.3) is 0 Å². The second-order valence-electron chi connectivity index (χ2n) is 5.28. The van der Waals surface area contributed by atoms with Crippen LogP contribution in [0.25, 0.3) is 0 Å². The second-order valence-corrected chi connectivity index (χ2v) is 5.28. The first-order valence-corrected chi connectivity index (χ1v) is 7.95. The van der Waals surface area contributed by atoms with Gasteiger partial charge in [0.1, 0.15) is 5.69 Å². The van der Waals surface area contributed by atoms with E-state index >= 15 is 0 Å². The SMILES string of the molecule is CC.CC(C)c1cnccc1C(F)(F)F.Cc1cccc(C(F)(F)F)n1. The maximum atomic E-state index is 12.4. The van der Waals surface area contributed by atoms with E-state index in [1.807, 2.05) is 13.8 Å². The third-order valence-corrected chi connectivity index (χ3v) is 2.96. The lowest BCUT2D eigenvalue weighted by molar-refractivity contribution is -0.141. The summed E-state index contributed by atoms with van der Waals surface area (Å²) in [5, 5.41) is 0. The summed E-state index contributed by atoms with van der Waals surface area (Å²) in [5.74, 6) is -0.162. The Morgan fingerprint density at radius 2 is 1.46 bits per heavy atom. The molecule has 0 aliphatic rings. The Kier molecular flexibility index (Phi) is 9.31. The van der Waals surface area contributed by atoms with Crippen LogP contribution in [-0.2, 0) is 12.4 Å². The van der Waals surface area contributed by atoms with Gasteiger partial charge in [0.15, 0.2) is 0 Å². The average Bonchev–Trinajstić information content (AvgIpc) is 2.56. The van der Waals surface area contributed by atoms with Crippen molar-refractivity contribution in [1.82, 2.24) is 9.97 Å². The van der Waals surface area contributed by atoms with Crippen molar-refractivity contribution in [3.05, 3.63) is 59.2 Å². The highest BCUT2D eigenvalue weighted by Gasteiger charge is 2.33. The molecule has 0 unspecified atom stereocenters. The fourth-order valence-electron chi connectivity index (χ4n) is 1.83. The fourth-order valence-corrected chi connectivity index (χ4v) is 1.83. The van der Waals surface area contributed by atoms with Crippen molar-refractivity contribution in [2.45, 2.75) is 52.9 Å². The van der Waals surface area contributed by atoms with E-state index in [9.17, 15) is 26.3 Å². The van der Waals surface area contributed by atoms with E-state index < -0.39 is 23.6 Å². The Bertz CT molecular complexity index is 663. The zero-order valence-corrected chi connectivity index (χ0v) is 15.2. The molecule has 0 aliphatic heterocycles. The lowest BCUT2D eigenvalue weighted by Crippen LogP contribution is -2.10. The van der Waals surface area contributed by atoms with Crippen molar-refractivity contribution < 1.29 is 26.3 Å². The van der Waals surface area contributed by atoms with Gasteiger partial charge in [-0.3, -0.25) is 4.98 Å². The highest BCUT2D eigenvalue weighted by molar-refractivity contribution is 5.28. The summed E-state index contributed by atoms with van der Waals surface area (Å²) in [7, 11) is 0. The van der Waals surface area contributed by atoms with Crippen molar-refractivity contribution >= 4 is 0 Å². The van der Waals surface area contributed by atoms with E-state index in [4.69, 9.17) is 0 Å². The van der Waals surface area contributed by atoms with Gasteiger partial charge in [0.2, 0.25) is 0 Å². The number of pyridine rings is 2. The summed E-state index contributed by atoms with van der Waals surface area (Å²) >= 11 is 0. The molecule has 0 radical (unpaired) electrons. The van der Waals surface area contributed by atoms with Gasteiger partial charge in [-0.25, -0.2) is 4.98 Å². The lowest BCUT2D eigenvalue weighted by Gasteiger charge is -2.13. The molecule has 0 aromatic carbocycles. The van der Waals surface area contributed by atoms with Crippen LogP contribution in [0, 0.1) is 6.92 Å². The van der Waals surface area contributed by atoms with Crippen LogP contribution in [0.5, 0.6) is 0 Å². The van der Waals surface area contributed by atoms with Crippen molar-refractivity contribution in [1.29, 1.82) is 0 Å². The van der Waals surface area contributed by atoms with Gasteiger partial charge < -0.3 is 0 Å². The van der Waals surface area contributed by atoms with Crippen molar-refractivity contribution in [3.8, 4) is 0 Å². The molecular weight excluding hydrogens is 358 g/mol. The Morgan fingerprint density at radius 1 is 0.885 bits per heavy atom. The van der Waals surface area contributed by atoms with Crippen LogP contribution in [0.4, 0.5) is 26.3 Å². The molecule has 146 valence electrons. The molecule has 0 N–H and O–H groups in total. The predicted octanol–water partition coefficient (Wildman–Crippen LogP) is 6.66. The zero-order chi connectivity index (χ0) is 20.5. The van der Waals surface area contributed by atoms with Gasteiger partial charge in [-0.2, -0.15) is 26.3 Å². The average molecular weight is 380 g/mol. The van der Waals surface area contributed by atoms with Crippen molar-refractivity contribution in [2.75, 3.05) is 0 Å². The molecule has 0 atom stereocenters. The van der Waals surface area contributed by atoms with Crippen LogP contribution in [0.15, 0.2) is 36.7 Å². The molecule has 0 aliphatic carbocycles. The first-order valence-electron chi connectivity index (χ1n) is 7.95. The zero-order valence-electron chi connectivity index (χ0n) is 15.2. The van der Waals surface area contributed by atoms with Gasteiger partial charge in [0.05, 0.1) is 5.56 Å². The minimum atomic E-state index is -4.33. The summed E-state index contributed by atoms with van der Waals surface area (Å²) in [6.07, 6.45) is -6.17. The Morgan fingerprint density at radius 3 is 1.81 bits per heavy atom. The molecule has 0 saturated heterocycles. The lowest BCUT2D eigenvalue weighted by atomic mass is 9.99. The van der Waals surface area contributed by atoms with Crippen molar-refractivity contribution in [3.63, 3.8) is 0 Å². The van der Waals surface area contributed by atoms with Gasteiger partial charge in [-0.15, -0.1) is 0 Å². The number of alkyl halides is 6. The van der Waals surface area contributed by atoms with E-state index in [-0.39, 0.29) is 11.5 Å². The molecule has 2 heterocycles. The summed E-state index contributed by atoms with van der Waals surface area (Å²) in [6, 6.07) is 4.82. The molecule has 26 heavy (non-hydrogen) atoms. The molecule has 2 nitrogen and oxygen atoms in total. The number of hydrogen-bond donors (Lipinski definition) is 0. The first kappa shape index (κ1) is 23.9. The number of hydrogen-bond acceptors (Lipinski definition) is 2. The first-order chi connectivity index (χ1) is 11.9. The van der Waals surface area contributed by atoms with Crippen LogP contribution in [0.2, 0.25) is 0 Å². The van der Waals surface area contributed by atoms with E-state index in [0.717, 1.165) is 18.3 Å². The smallest absolute Gasteiger partial charge is 0.264 e. The van der Waals surface area contributed by atoms with Gasteiger partial charge >= 0.3 is 12.4 Å². The van der Waals surface area contributed by atoms with Crippen LogP contribution in [0.3, 0.4) is 0 Å². The number of aryl methyl sites for hydroxylation is 1. The minimum absolute atomic E-state index is 0.162. The molecular formula is C18H22F6N2. The standard InChI is InChI=1S/C9H10F3N.C7H6F3N.C2H6/c1-6(2)7-5-13-4-3-8(7)9(10,11)12;1-5-3-2-4-6(11-5)7(8,9)10;1-2/h3-6H,1-2H3;2-4H,1H3;1-2H3. The number of halogens is 6. The fraction of sp³-hybridized carbons (Fsp3) is 0.444. The Labute approximate surface area is 149 Å². The second kappa shape index (κ2) is 10.1. The number of aromatic nitrogens is 2. The third-order valence-electron chi connectivity index (χ3n) is 2.96. The van der Waals surface area contributed by atoms with E-state index in [1.165, 1.54) is 25.3 Å². The molecule has 2 rings (SSSR count). The van der Waals surface area contributed by atoms with Gasteiger partial charge in [0, 0.05) is 18.1 Å². The Hall–Kier alpha value is -2.12. The number of rotatable bonds is 1. The van der Waals surface area contributed by atoms with Crippen LogP contribution < -0.4 is 0 Å². The highest BCUT2D eigenvalue weighted by Crippen LogP contribution is 2.34. The van der Waals surface area contributed by atoms with E-state index in [2.05, 4.69) is 9.97 Å². The normalized spacial score (nSPS) is 11.2. The maximum Gasteiger partial charge on any atom is 0.433 e. The molecule has 0 bridgehead atoms. The quantitative estimate of drug-likeness (QED) is 0.517. The summed E-state index contributed by atoms with van der Waals surface area (Å²) in [5.41, 5.74) is -0.801. The van der Waals surface area contributed by atoms with Crippen molar-refractivity contribution in [2.24, 2.45) is 0 Å². The third kappa shape index (κ3) is 7.84. The monoisotopic (exact) mass is 380 g/mol. The largest absolute Gasteiger partial charge is 0.433 e. The Balaban J connectivity index is 0.000000444. The molecule has 0 spiro atoms. The minimum Gasteiger partial charge on any atom is -0.264 e. The topological polar surface area (TPSA) is 25.8 Å². The summed E-state index contributed by atoms with van der Waals surface area (Å²) < 4.78 is 72.9. The maximum absolute atomic E-state index is 12.4. The summed E-state index contributed by atoms with van der Waals surface area (Å²) in [4.78, 5) is 7.00. The van der Waals surface area contributed by atoms with E-state index in [0.29, 0.717) is 5.69 Å². The predicted molar refractivity (Wildman–Crippen MR) is 88.7 cm³/mol. The highest BCUT2D eigenvalue weighted by atomic mass is 19.4. The van der Waals surface area contributed by atoms with Crippen LogP contribution >= 0.6 is 0 Å². The summed E-state index contributed by atoms with van der Waals surface area (Å²) in [6.45, 7) is 8.95. The van der Waals surface area contributed by atoms with E-state index in [1.54, 1.807) is 13.8 Å². The van der Waals surface area contributed by atoms with Crippen LogP contribution in [0.1, 0.15) is 56.1 Å². The number of nitrogens with zero attached hydrogens (tertiary/aromatic N) is 2. The van der Waals surface area contributed by atoms with Gasteiger partial charge in [-0.1, -0.05) is 33.8 Å². The van der Waals surface area contributed by atoms with Gasteiger partial charge in [-0.05, 0) is 36.6 Å². The molecule has 0 saturated carbocycles. The molecule has 8 heteroatoms. The molecule has 2 aromatic rings. The molecule has 2 aromatic heterocycles. The molecule has 0 amide bonds. The van der Waals surface area contributed by atoms with Crippen LogP contribution in [-0.4, -0.2) is 9.97 Å². The molecule has 0 fully saturated rings.